The Morgan fingerprint density at radius 2 is 2.29 bits per heavy atom. The third-order valence-corrected chi connectivity index (χ3v) is 1.56. The van der Waals surface area contributed by atoms with Crippen LogP contribution in [0.5, 0.6) is 0 Å². The molecule has 0 amide bonds. The first-order chi connectivity index (χ1) is 6.59. The monoisotopic (exact) mass is 195 g/mol. The predicted octanol–water partition coefficient (Wildman–Crippen LogP) is 2.12. The second-order valence-electron chi connectivity index (χ2n) is 3.25. The van der Waals surface area contributed by atoms with Gasteiger partial charge in [-0.1, -0.05) is 19.0 Å². The van der Waals surface area contributed by atoms with Gasteiger partial charge in [0.25, 0.3) is 0 Å². The minimum Gasteiger partial charge on any atom is -0.460 e. The number of aryl methyl sites for hydroxylation is 1. The Morgan fingerprint density at radius 1 is 1.57 bits per heavy atom. The van der Waals surface area contributed by atoms with Gasteiger partial charge in [0.15, 0.2) is 0 Å². The van der Waals surface area contributed by atoms with E-state index in [1.54, 1.807) is 19.9 Å². The molecule has 0 spiro atoms. The second kappa shape index (κ2) is 4.60. The van der Waals surface area contributed by atoms with E-state index in [1.807, 2.05) is 13.0 Å². The van der Waals surface area contributed by atoms with Gasteiger partial charge in [0.1, 0.15) is 17.7 Å². The first kappa shape index (κ1) is 10.5. The standard InChI is InChI=1S/C10H13NO3/c1-7(2)10(12)14-11-6-9-5-4-8(3)13-9/h4-7H,1-3H3/b11-6+. The maximum absolute atomic E-state index is 11.0. The summed E-state index contributed by atoms with van der Waals surface area (Å²) >= 11 is 0. The van der Waals surface area contributed by atoms with E-state index >= 15 is 0 Å². The van der Waals surface area contributed by atoms with Crippen molar-refractivity contribution in [2.24, 2.45) is 11.1 Å². The van der Waals surface area contributed by atoms with Gasteiger partial charge < -0.3 is 9.25 Å². The molecule has 14 heavy (non-hydrogen) atoms. The fourth-order valence-corrected chi connectivity index (χ4v) is 0.758. The van der Waals surface area contributed by atoms with Gasteiger partial charge in [0.05, 0.1) is 5.92 Å². The Hall–Kier alpha value is -1.58. The van der Waals surface area contributed by atoms with E-state index < -0.39 is 0 Å². The van der Waals surface area contributed by atoms with E-state index in [0.717, 1.165) is 5.76 Å². The van der Waals surface area contributed by atoms with E-state index in [-0.39, 0.29) is 11.9 Å². The molecule has 0 aliphatic rings. The van der Waals surface area contributed by atoms with Gasteiger partial charge in [-0.25, -0.2) is 4.79 Å². The Bertz CT molecular complexity index is 339. The van der Waals surface area contributed by atoms with Crippen molar-refractivity contribution < 1.29 is 14.0 Å². The molecule has 1 heterocycles. The van der Waals surface area contributed by atoms with E-state index in [2.05, 4.69) is 9.99 Å². The lowest BCUT2D eigenvalue weighted by molar-refractivity contribution is -0.147. The number of hydrogen-bond donors (Lipinski definition) is 0. The largest absolute Gasteiger partial charge is 0.460 e. The summed E-state index contributed by atoms with van der Waals surface area (Å²) in [4.78, 5) is 15.6. The highest BCUT2D eigenvalue weighted by molar-refractivity contribution is 5.77. The summed E-state index contributed by atoms with van der Waals surface area (Å²) in [6.45, 7) is 5.32. The molecule has 0 aliphatic heterocycles. The van der Waals surface area contributed by atoms with Crippen LogP contribution in [-0.4, -0.2) is 12.2 Å². The Morgan fingerprint density at radius 3 is 2.79 bits per heavy atom. The normalized spacial score (nSPS) is 11.1. The summed E-state index contributed by atoms with van der Waals surface area (Å²) in [5.41, 5.74) is 0. The van der Waals surface area contributed by atoms with Crippen molar-refractivity contribution in [3.8, 4) is 0 Å². The summed E-state index contributed by atoms with van der Waals surface area (Å²) in [6.07, 6.45) is 1.37. The lowest BCUT2D eigenvalue weighted by Crippen LogP contribution is -2.07. The van der Waals surface area contributed by atoms with Crippen LogP contribution in [0.15, 0.2) is 21.7 Å². The van der Waals surface area contributed by atoms with Crippen LogP contribution in [0.1, 0.15) is 25.4 Å². The van der Waals surface area contributed by atoms with Crippen LogP contribution in [-0.2, 0) is 9.63 Å². The number of nitrogens with zero attached hydrogens (tertiary/aromatic N) is 1. The molecule has 4 heteroatoms. The minimum absolute atomic E-state index is 0.175. The molecule has 0 bridgehead atoms. The van der Waals surface area contributed by atoms with Crippen molar-refractivity contribution in [3.05, 3.63) is 23.7 Å². The number of carbonyl (C=O) groups is 1. The highest BCUT2D eigenvalue weighted by Crippen LogP contribution is 2.03. The third-order valence-electron chi connectivity index (χ3n) is 1.56. The SMILES string of the molecule is Cc1ccc(/C=N/OC(=O)C(C)C)o1. The number of oxime groups is 1. The minimum atomic E-state index is -0.357. The molecule has 0 saturated heterocycles. The summed E-state index contributed by atoms with van der Waals surface area (Å²) in [5.74, 6) is 0.829. The zero-order valence-corrected chi connectivity index (χ0v) is 8.48. The van der Waals surface area contributed by atoms with E-state index in [9.17, 15) is 4.79 Å². The Balaban J connectivity index is 2.45. The predicted molar refractivity (Wildman–Crippen MR) is 52.0 cm³/mol. The van der Waals surface area contributed by atoms with E-state index in [1.165, 1.54) is 6.21 Å². The van der Waals surface area contributed by atoms with Gasteiger partial charge in [-0.15, -0.1) is 0 Å². The fourth-order valence-electron chi connectivity index (χ4n) is 0.758. The molecule has 76 valence electrons. The zero-order chi connectivity index (χ0) is 10.6. The molecule has 0 saturated carbocycles. The molecular formula is C10H13NO3. The molecule has 0 N–H and O–H groups in total. The number of hydrogen-bond acceptors (Lipinski definition) is 4. The molecule has 0 atom stereocenters. The Labute approximate surface area is 82.5 Å². The molecule has 0 radical (unpaired) electrons. The van der Waals surface area contributed by atoms with E-state index in [4.69, 9.17) is 4.42 Å². The lowest BCUT2D eigenvalue weighted by atomic mass is 10.2. The average molecular weight is 195 g/mol. The topological polar surface area (TPSA) is 51.8 Å². The van der Waals surface area contributed by atoms with Crippen LogP contribution in [0.3, 0.4) is 0 Å². The number of furan rings is 1. The summed E-state index contributed by atoms with van der Waals surface area (Å²) in [7, 11) is 0. The van der Waals surface area contributed by atoms with Crippen LogP contribution in [0, 0.1) is 12.8 Å². The number of carbonyl (C=O) groups excluding carboxylic acids is 1. The first-order valence-electron chi connectivity index (χ1n) is 4.40. The average Bonchev–Trinajstić information content (AvgIpc) is 2.51. The van der Waals surface area contributed by atoms with Gasteiger partial charge in [0, 0.05) is 0 Å². The van der Waals surface area contributed by atoms with Gasteiger partial charge in [0.2, 0.25) is 0 Å². The van der Waals surface area contributed by atoms with Crippen LogP contribution >= 0.6 is 0 Å². The molecule has 0 aromatic carbocycles. The smallest absolute Gasteiger partial charge is 0.337 e. The molecule has 0 unspecified atom stereocenters. The molecule has 0 fully saturated rings. The summed E-state index contributed by atoms with van der Waals surface area (Å²) in [5, 5.41) is 3.51. The zero-order valence-electron chi connectivity index (χ0n) is 8.48. The molecular weight excluding hydrogens is 182 g/mol. The van der Waals surface area contributed by atoms with Crippen LogP contribution in [0.4, 0.5) is 0 Å². The van der Waals surface area contributed by atoms with Crippen LogP contribution in [0.25, 0.3) is 0 Å². The molecule has 1 rings (SSSR count). The van der Waals surface area contributed by atoms with Crippen molar-refractivity contribution in [1.82, 2.24) is 0 Å². The molecule has 4 nitrogen and oxygen atoms in total. The molecule has 1 aromatic heterocycles. The first-order valence-corrected chi connectivity index (χ1v) is 4.40. The third kappa shape index (κ3) is 3.05. The van der Waals surface area contributed by atoms with Gasteiger partial charge >= 0.3 is 5.97 Å². The fraction of sp³-hybridized carbons (Fsp3) is 0.400. The quantitative estimate of drug-likeness (QED) is 0.421. The van der Waals surface area contributed by atoms with Crippen LogP contribution < -0.4 is 0 Å². The maximum Gasteiger partial charge on any atom is 0.337 e. The Kier molecular flexibility index (Phi) is 3.45. The van der Waals surface area contributed by atoms with Gasteiger partial charge in [-0.05, 0) is 19.1 Å². The molecule has 0 aliphatic carbocycles. The summed E-state index contributed by atoms with van der Waals surface area (Å²) in [6, 6.07) is 3.56. The van der Waals surface area contributed by atoms with Crippen LogP contribution in [0.2, 0.25) is 0 Å². The highest BCUT2D eigenvalue weighted by Gasteiger charge is 2.07. The highest BCUT2D eigenvalue weighted by atomic mass is 16.7. The lowest BCUT2D eigenvalue weighted by Gasteiger charge is -1.97. The maximum atomic E-state index is 11.0. The summed E-state index contributed by atoms with van der Waals surface area (Å²) < 4.78 is 5.19. The second-order valence-corrected chi connectivity index (χ2v) is 3.25. The van der Waals surface area contributed by atoms with Crippen molar-refractivity contribution in [1.29, 1.82) is 0 Å². The van der Waals surface area contributed by atoms with Crippen molar-refractivity contribution in [2.45, 2.75) is 20.8 Å². The van der Waals surface area contributed by atoms with Crippen molar-refractivity contribution in [2.75, 3.05) is 0 Å². The molecule has 1 aromatic rings. The van der Waals surface area contributed by atoms with Gasteiger partial charge in [-0.3, -0.25) is 0 Å². The van der Waals surface area contributed by atoms with E-state index in [0.29, 0.717) is 5.76 Å². The number of rotatable bonds is 3. The van der Waals surface area contributed by atoms with Crippen molar-refractivity contribution in [3.63, 3.8) is 0 Å². The van der Waals surface area contributed by atoms with Gasteiger partial charge in [-0.2, -0.15) is 0 Å². The van der Waals surface area contributed by atoms with Crippen molar-refractivity contribution >= 4 is 12.2 Å².